The zero-order chi connectivity index (χ0) is 20.3. The van der Waals surface area contributed by atoms with Gasteiger partial charge in [-0.2, -0.15) is 0 Å². The van der Waals surface area contributed by atoms with Gasteiger partial charge in [-0.15, -0.1) is 0 Å². The van der Waals surface area contributed by atoms with Gasteiger partial charge in [0, 0.05) is 19.0 Å². The number of Topliss-reactive ketones (excluding diaryl/α,β-unsaturated/α-hetero) is 1. The lowest BCUT2D eigenvalue weighted by Gasteiger charge is -2.31. The number of halogens is 2. The van der Waals surface area contributed by atoms with Gasteiger partial charge in [0.25, 0.3) is 0 Å². The number of rotatable bonds is 5. The van der Waals surface area contributed by atoms with Gasteiger partial charge in [-0.05, 0) is 55.2 Å². The second kappa shape index (κ2) is 8.50. The Balaban J connectivity index is 1.59. The Morgan fingerprint density at radius 2 is 1.82 bits per heavy atom. The maximum atomic E-state index is 13.9. The van der Waals surface area contributed by atoms with E-state index in [2.05, 4.69) is 0 Å². The number of methoxy groups -OCH3 is 1. The van der Waals surface area contributed by atoms with Crippen LogP contribution in [0.4, 0.5) is 8.78 Å². The molecule has 2 aromatic rings. The summed E-state index contributed by atoms with van der Waals surface area (Å²) in [6, 6.07) is 8.58. The molecule has 0 N–H and O–H groups in total. The largest absolute Gasteiger partial charge is 0.496 e. The molecule has 4 nitrogen and oxygen atoms in total. The molecule has 0 aromatic heterocycles. The predicted octanol–water partition coefficient (Wildman–Crippen LogP) is 3.95. The first kappa shape index (κ1) is 20.0. The predicted molar refractivity (Wildman–Crippen MR) is 101 cm³/mol. The SMILES string of the molecule is COc1cc(CC(=O)N2CCC(C(=O)c3cc(F)ccc3F)CC2)ccc1C. The Labute approximate surface area is 163 Å². The summed E-state index contributed by atoms with van der Waals surface area (Å²) >= 11 is 0. The van der Waals surface area contributed by atoms with Crippen molar-refractivity contribution in [3.63, 3.8) is 0 Å². The molecule has 0 radical (unpaired) electrons. The number of piperidine rings is 1. The molecule has 0 atom stereocenters. The molecule has 28 heavy (non-hydrogen) atoms. The van der Waals surface area contributed by atoms with Crippen LogP contribution in [0.25, 0.3) is 0 Å². The maximum Gasteiger partial charge on any atom is 0.226 e. The second-order valence-electron chi connectivity index (χ2n) is 7.12. The van der Waals surface area contributed by atoms with Crippen molar-refractivity contribution in [3.05, 3.63) is 64.7 Å². The lowest BCUT2D eigenvalue weighted by molar-refractivity contribution is -0.131. The monoisotopic (exact) mass is 387 g/mol. The fourth-order valence-corrected chi connectivity index (χ4v) is 3.56. The molecule has 0 saturated carbocycles. The van der Waals surface area contributed by atoms with Crippen molar-refractivity contribution in [3.8, 4) is 5.75 Å². The minimum atomic E-state index is -0.710. The van der Waals surface area contributed by atoms with E-state index < -0.39 is 23.3 Å². The zero-order valence-electron chi connectivity index (χ0n) is 16.0. The highest BCUT2D eigenvalue weighted by Crippen LogP contribution is 2.25. The average Bonchev–Trinajstić information content (AvgIpc) is 2.70. The van der Waals surface area contributed by atoms with E-state index >= 15 is 0 Å². The molecule has 2 aromatic carbocycles. The summed E-state index contributed by atoms with van der Waals surface area (Å²) in [4.78, 5) is 26.8. The van der Waals surface area contributed by atoms with Crippen molar-refractivity contribution in [2.24, 2.45) is 5.92 Å². The van der Waals surface area contributed by atoms with Crippen LogP contribution in [0.1, 0.15) is 34.3 Å². The van der Waals surface area contributed by atoms with Gasteiger partial charge in [0.1, 0.15) is 17.4 Å². The van der Waals surface area contributed by atoms with E-state index in [9.17, 15) is 18.4 Å². The van der Waals surface area contributed by atoms with E-state index in [4.69, 9.17) is 4.74 Å². The third kappa shape index (κ3) is 4.38. The van der Waals surface area contributed by atoms with Crippen LogP contribution in [0.3, 0.4) is 0 Å². The first-order valence-electron chi connectivity index (χ1n) is 9.29. The fraction of sp³-hybridized carbons (Fsp3) is 0.364. The number of aryl methyl sites for hydroxylation is 1. The maximum absolute atomic E-state index is 13.9. The van der Waals surface area contributed by atoms with E-state index in [-0.39, 0.29) is 17.9 Å². The summed E-state index contributed by atoms with van der Waals surface area (Å²) < 4.78 is 32.5. The number of likely N-dealkylation sites (tertiary alicyclic amines) is 1. The standard InChI is InChI=1S/C22H23F2NO3/c1-14-3-4-15(11-20(14)28-2)12-21(26)25-9-7-16(8-10-25)22(27)18-13-17(23)5-6-19(18)24/h3-6,11,13,16H,7-10,12H2,1-2H3. The third-order valence-electron chi connectivity index (χ3n) is 5.24. The number of ether oxygens (including phenoxy) is 1. The molecule has 0 aliphatic carbocycles. The molecular weight excluding hydrogens is 364 g/mol. The summed E-state index contributed by atoms with van der Waals surface area (Å²) in [6.45, 7) is 2.79. The van der Waals surface area contributed by atoms with Crippen LogP contribution >= 0.6 is 0 Å². The highest BCUT2D eigenvalue weighted by atomic mass is 19.1. The molecule has 1 aliphatic rings. The van der Waals surface area contributed by atoms with Crippen LogP contribution in [0.15, 0.2) is 36.4 Å². The van der Waals surface area contributed by atoms with Crippen molar-refractivity contribution in [2.75, 3.05) is 20.2 Å². The van der Waals surface area contributed by atoms with Crippen molar-refractivity contribution in [1.82, 2.24) is 4.90 Å². The molecule has 0 spiro atoms. The average molecular weight is 387 g/mol. The summed E-state index contributed by atoms with van der Waals surface area (Å²) in [5, 5.41) is 0. The Hall–Kier alpha value is -2.76. The van der Waals surface area contributed by atoms with Gasteiger partial charge < -0.3 is 9.64 Å². The Bertz CT molecular complexity index is 889. The van der Waals surface area contributed by atoms with Gasteiger partial charge in [0.2, 0.25) is 5.91 Å². The van der Waals surface area contributed by atoms with Gasteiger partial charge in [-0.1, -0.05) is 12.1 Å². The van der Waals surface area contributed by atoms with Crippen molar-refractivity contribution >= 4 is 11.7 Å². The third-order valence-corrected chi connectivity index (χ3v) is 5.24. The second-order valence-corrected chi connectivity index (χ2v) is 7.12. The van der Waals surface area contributed by atoms with E-state index in [1.54, 1.807) is 12.0 Å². The Morgan fingerprint density at radius 3 is 2.50 bits per heavy atom. The van der Waals surface area contributed by atoms with Crippen LogP contribution < -0.4 is 4.74 Å². The van der Waals surface area contributed by atoms with Crippen LogP contribution in [-0.4, -0.2) is 36.8 Å². The normalized spacial score (nSPS) is 14.8. The minimum absolute atomic E-state index is 0.0197. The first-order chi connectivity index (χ1) is 13.4. The Morgan fingerprint density at radius 1 is 1.11 bits per heavy atom. The van der Waals surface area contributed by atoms with Crippen LogP contribution in [0.2, 0.25) is 0 Å². The zero-order valence-corrected chi connectivity index (χ0v) is 16.0. The molecule has 1 amide bonds. The highest BCUT2D eigenvalue weighted by Gasteiger charge is 2.29. The lowest BCUT2D eigenvalue weighted by atomic mass is 9.88. The summed E-state index contributed by atoms with van der Waals surface area (Å²) in [5.74, 6) is -1.42. The van der Waals surface area contributed by atoms with Gasteiger partial charge in [0.15, 0.2) is 5.78 Å². The number of nitrogens with zero attached hydrogens (tertiary/aromatic N) is 1. The lowest BCUT2D eigenvalue weighted by Crippen LogP contribution is -2.41. The molecule has 6 heteroatoms. The quantitative estimate of drug-likeness (QED) is 0.730. The van der Waals surface area contributed by atoms with Crippen molar-refractivity contribution < 1.29 is 23.1 Å². The number of benzene rings is 2. The van der Waals surface area contributed by atoms with Crippen LogP contribution in [0.5, 0.6) is 5.75 Å². The molecule has 0 unspecified atom stereocenters. The summed E-state index contributed by atoms with van der Waals surface area (Å²) in [6.07, 6.45) is 1.14. The summed E-state index contributed by atoms with van der Waals surface area (Å²) in [5.41, 5.74) is 1.66. The van der Waals surface area contributed by atoms with Crippen molar-refractivity contribution in [1.29, 1.82) is 0 Å². The van der Waals surface area contributed by atoms with Gasteiger partial charge in [-0.25, -0.2) is 8.78 Å². The number of carbonyl (C=O) groups is 2. The highest BCUT2D eigenvalue weighted by molar-refractivity contribution is 5.98. The Kier molecular flexibility index (Phi) is 6.07. The van der Waals surface area contributed by atoms with E-state index in [1.165, 1.54) is 0 Å². The first-order valence-corrected chi connectivity index (χ1v) is 9.29. The molecule has 0 bridgehead atoms. The number of amides is 1. The number of hydrogen-bond donors (Lipinski definition) is 0. The molecule has 1 heterocycles. The molecule has 1 fully saturated rings. The fourth-order valence-electron chi connectivity index (χ4n) is 3.56. The van der Waals surface area contributed by atoms with Crippen LogP contribution in [-0.2, 0) is 11.2 Å². The van der Waals surface area contributed by atoms with E-state index in [1.807, 2.05) is 25.1 Å². The van der Waals surface area contributed by atoms with Gasteiger partial charge in [-0.3, -0.25) is 9.59 Å². The van der Waals surface area contributed by atoms with E-state index in [0.717, 1.165) is 35.1 Å². The van der Waals surface area contributed by atoms with Gasteiger partial charge in [0.05, 0.1) is 19.1 Å². The minimum Gasteiger partial charge on any atom is -0.496 e. The van der Waals surface area contributed by atoms with Crippen molar-refractivity contribution in [2.45, 2.75) is 26.2 Å². The smallest absolute Gasteiger partial charge is 0.226 e. The van der Waals surface area contributed by atoms with Gasteiger partial charge >= 0.3 is 0 Å². The topological polar surface area (TPSA) is 46.6 Å². The molecule has 1 saturated heterocycles. The molecule has 3 rings (SSSR count). The molecule has 1 aliphatic heterocycles. The molecular formula is C22H23F2NO3. The number of ketones is 1. The number of hydrogen-bond acceptors (Lipinski definition) is 3. The number of carbonyl (C=O) groups excluding carboxylic acids is 2. The van der Waals surface area contributed by atoms with Crippen LogP contribution in [0, 0.1) is 24.5 Å². The van der Waals surface area contributed by atoms with E-state index in [0.29, 0.717) is 25.9 Å². The summed E-state index contributed by atoms with van der Waals surface area (Å²) in [7, 11) is 1.59. The molecule has 148 valence electrons.